The van der Waals surface area contributed by atoms with E-state index in [1.807, 2.05) is 18.3 Å². The van der Waals surface area contributed by atoms with E-state index in [0.717, 1.165) is 18.5 Å². The van der Waals surface area contributed by atoms with Gasteiger partial charge in [0, 0.05) is 30.9 Å². The van der Waals surface area contributed by atoms with E-state index in [1.165, 1.54) is 64.5 Å². The van der Waals surface area contributed by atoms with Gasteiger partial charge in [-0.2, -0.15) is 0 Å². The normalized spacial score (nSPS) is 21.3. The summed E-state index contributed by atoms with van der Waals surface area (Å²) in [6, 6.07) is 3.97. The second-order valence-corrected chi connectivity index (χ2v) is 7.47. The van der Waals surface area contributed by atoms with Crippen LogP contribution in [0.4, 0.5) is 0 Å². The van der Waals surface area contributed by atoms with Crippen molar-refractivity contribution in [3.05, 3.63) is 30.1 Å². The lowest BCUT2D eigenvalue weighted by Gasteiger charge is -2.48. The zero-order valence-corrected chi connectivity index (χ0v) is 14.8. The van der Waals surface area contributed by atoms with E-state index in [0.29, 0.717) is 6.42 Å². The highest BCUT2D eigenvalue weighted by atomic mass is 16.1. The largest absolute Gasteiger partial charge is 0.354 e. The van der Waals surface area contributed by atoms with Gasteiger partial charge in [-0.3, -0.25) is 14.7 Å². The van der Waals surface area contributed by atoms with Gasteiger partial charge in [-0.15, -0.1) is 0 Å². The zero-order valence-electron chi connectivity index (χ0n) is 14.8. The lowest BCUT2D eigenvalue weighted by molar-refractivity contribution is -0.122. The maximum Gasteiger partial charge on any atom is 0.220 e. The van der Waals surface area contributed by atoms with Crippen LogP contribution in [0.2, 0.25) is 0 Å². The number of pyridine rings is 1. The van der Waals surface area contributed by atoms with Crippen molar-refractivity contribution in [1.82, 2.24) is 15.2 Å². The van der Waals surface area contributed by atoms with Gasteiger partial charge in [-0.05, 0) is 56.8 Å². The number of hydrogen-bond donors (Lipinski definition) is 1. The maximum atomic E-state index is 12.3. The molecule has 0 bridgehead atoms. The average molecular weight is 329 g/mol. The summed E-state index contributed by atoms with van der Waals surface area (Å²) in [6.45, 7) is 3.26. The summed E-state index contributed by atoms with van der Waals surface area (Å²) in [5.41, 5.74) is 1.36. The molecule has 1 N–H and O–H groups in total. The first kappa shape index (κ1) is 17.4. The van der Waals surface area contributed by atoms with Crippen LogP contribution >= 0.6 is 0 Å². The molecule has 1 aliphatic heterocycles. The van der Waals surface area contributed by atoms with Crippen molar-refractivity contribution in [2.45, 2.75) is 69.7 Å². The second-order valence-electron chi connectivity index (χ2n) is 7.47. The van der Waals surface area contributed by atoms with Crippen molar-refractivity contribution in [3.63, 3.8) is 0 Å². The molecule has 0 radical (unpaired) electrons. The summed E-state index contributed by atoms with van der Waals surface area (Å²) in [6.07, 6.45) is 15.4. The summed E-state index contributed by atoms with van der Waals surface area (Å²) in [5, 5.41) is 3.26. The van der Waals surface area contributed by atoms with Crippen LogP contribution in [-0.2, 0) is 11.2 Å². The van der Waals surface area contributed by atoms with Crippen LogP contribution in [0.5, 0.6) is 0 Å². The van der Waals surface area contributed by atoms with E-state index in [1.54, 1.807) is 6.20 Å². The van der Waals surface area contributed by atoms with Crippen molar-refractivity contribution in [1.29, 1.82) is 0 Å². The van der Waals surface area contributed by atoms with E-state index in [2.05, 4.69) is 15.2 Å². The lowest BCUT2D eigenvalue weighted by atomic mass is 9.79. The highest BCUT2D eigenvalue weighted by molar-refractivity contribution is 5.76. The Balaban J connectivity index is 1.52. The van der Waals surface area contributed by atoms with E-state index in [9.17, 15) is 4.79 Å². The van der Waals surface area contributed by atoms with Gasteiger partial charge in [0.15, 0.2) is 0 Å². The van der Waals surface area contributed by atoms with Crippen LogP contribution in [-0.4, -0.2) is 41.0 Å². The molecule has 3 rings (SSSR count). The molecule has 0 unspecified atom stereocenters. The summed E-state index contributed by atoms with van der Waals surface area (Å²) in [5.74, 6) is 0.181. The Bertz CT molecular complexity index is 505. The molecular formula is C20H31N3O. The van der Waals surface area contributed by atoms with E-state index in [-0.39, 0.29) is 11.4 Å². The zero-order chi connectivity index (χ0) is 16.7. The summed E-state index contributed by atoms with van der Waals surface area (Å²) in [7, 11) is 0. The number of hydrogen-bond acceptors (Lipinski definition) is 3. The van der Waals surface area contributed by atoms with Gasteiger partial charge < -0.3 is 5.32 Å². The molecule has 2 heterocycles. The number of carbonyl (C=O) groups excluding carboxylic acids is 1. The number of piperidine rings is 1. The maximum absolute atomic E-state index is 12.3. The Morgan fingerprint density at radius 2 is 1.88 bits per heavy atom. The molecule has 0 atom stereocenters. The predicted octanol–water partition coefficient (Wildman–Crippen LogP) is 3.32. The van der Waals surface area contributed by atoms with Gasteiger partial charge in [-0.1, -0.05) is 31.7 Å². The van der Waals surface area contributed by atoms with Crippen molar-refractivity contribution in [2.75, 3.05) is 19.6 Å². The van der Waals surface area contributed by atoms with Gasteiger partial charge in [0.1, 0.15) is 0 Å². The van der Waals surface area contributed by atoms with Crippen LogP contribution in [0.1, 0.15) is 63.4 Å². The van der Waals surface area contributed by atoms with Crippen LogP contribution in [0.25, 0.3) is 0 Å². The fourth-order valence-electron chi connectivity index (χ4n) is 4.34. The molecular weight excluding hydrogens is 298 g/mol. The topological polar surface area (TPSA) is 45.2 Å². The average Bonchev–Trinajstić information content (AvgIpc) is 2.67. The number of amides is 1. The highest BCUT2D eigenvalue weighted by Gasteiger charge is 2.38. The molecule has 2 fully saturated rings. The van der Waals surface area contributed by atoms with Crippen molar-refractivity contribution in [2.24, 2.45) is 0 Å². The molecule has 1 saturated heterocycles. The number of aryl methyl sites for hydroxylation is 1. The minimum Gasteiger partial charge on any atom is -0.354 e. The summed E-state index contributed by atoms with van der Waals surface area (Å²) < 4.78 is 0. The first-order valence-corrected chi connectivity index (χ1v) is 9.69. The summed E-state index contributed by atoms with van der Waals surface area (Å²) in [4.78, 5) is 19.1. The smallest absolute Gasteiger partial charge is 0.220 e. The van der Waals surface area contributed by atoms with Gasteiger partial charge in [0.05, 0.1) is 0 Å². The first-order valence-electron chi connectivity index (χ1n) is 9.69. The van der Waals surface area contributed by atoms with Crippen LogP contribution in [0, 0.1) is 0 Å². The fraction of sp³-hybridized carbons (Fsp3) is 0.700. The van der Waals surface area contributed by atoms with Crippen molar-refractivity contribution >= 4 is 5.91 Å². The monoisotopic (exact) mass is 329 g/mol. The first-order chi connectivity index (χ1) is 11.8. The van der Waals surface area contributed by atoms with Crippen molar-refractivity contribution in [3.8, 4) is 0 Å². The third-order valence-electron chi connectivity index (χ3n) is 5.79. The molecule has 4 nitrogen and oxygen atoms in total. The predicted molar refractivity (Wildman–Crippen MR) is 96.8 cm³/mol. The third kappa shape index (κ3) is 4.56. The molecule has 1 saturated carbocycles. The Morgan fingerprint density at radius 1 is 1.12 bits per heavy atom. The van der Waals surface area contributed by atoms with Crippen LogP contribution < -0.4 is 5.32 Å². The molecule has 1 amide bonds. The van der Waals surface area contributed by atoms with Gasteiger partial charge in [-0.25, -0.2) is 0 Å². The molecule has 1 aromatic rings. The molecule has 24 heavy (non-hydrogen) atoms. The van der Waals surface area contributed by atoms with Gasteiger partial charge >= 0.3 is 0 Å². The van der Waals surface area contributed by atoms with Gasteiger partial charge in [0.25, 0.3) is 0 Å². The van der Waals surface area contributed by atoms with E-state index >= 15 is 0 Å². The molecule has 132 valence electrons. The van der Waals surface area contributed by atoms with Crippen molar-refractivity contribution < 1.29 is 4.79 Å². The Morgan fingerprint density at radius 3 is 2.58 bits per heavy atom. The molecule has 2 aliphatic rings. The Hall–Kier alpha value is -1.42. The Kier molecular flexibility index (Phi) is 6.24. The summed E-state index contributed by atoms with van der Waals surface area (Å²) >= 11 is 0. The number of carbonyl (C=O) groups is 1. The molecule has 1 aliphatic carbocycles. The van der Waals surface area contributed by atoms with E-state index < -0.39 is 0 Å². The highest BCUT2D eigenvalue weighted by Crippen LogP contribution is 2.35. The van der Waals surface area contributed by atoms with E-state index in [4.69, 9.17) is 0 Å². The van der Waals surface area contributed by atoms with Crippen LogP contribution in [0.15, 0.2) is 24.5 Å². The van der Waals surface area contributed by atoms with Gasteiger partial charge in [0.2, 0.25) is 5.91 Å². The number of aromatic nitrogens is 1. The molecule has 0 spiro atoms. The molecule has 1 aromatic heterocycles. The number of nitrogens with one attached hydrogen (secondary N) is 1. The second kappa shape index (κ2) is 8.61. The fourth-order valence-corrected chi connectivity index (χ4v) is 4.34. The number of likely N-dealkylation sites (tertiary alicyclic amines) is 1. The SMILES string of the molecule is O=C(CCc1cccnc1)NCC1(N2CCCCC2)CCCCC1. The lowest BCUT2D eigenvalue weighted by Crippen LogP contribution is -2.58. The molecule has 0 aromatic carbocycles. The minimum absolute atomic E-state index is 0.181. The standard InChI is InChI=1S/C20H31N3O/c24-19(10-9-18-8-7-13-21-16-18)22-17-20(11-3-1-4-12-20)23-14-5-2-6-15-23/h7-8,13,16H,1-6,9-12,14-15,17H2,(H,22,24). The number of rotatable bonds is 6. The Labute approximate surface area is 146 Å². The van der Waals surface area contributed by atoms with Crippen LogP contribution in [0.3, 0.4) is 0 Å². The third-order valence-corrected chi connectivity index (χ3v) is 5.79. The minimum atomic E-state index is 0.181. The molecule has 4 heteroatoms. The number of nitrogens with zero attached hydrogens (tertiary/aromatic N) is 2. The quantitative estimate of drug-likeness (QED) is 0.871.